The largest absolute Gasteiger partial charge is 0.497 e. The van der Waals surface area contributed by atoms with Crippen molar-refractivity contribution in [3.8, 4) is 11.4 Å². The fraction of sp³-hybridized carbons (Fsp3) is 0.0909. The lowest BCUT2D eigenvalue weighted by Gasteiger charge is -2.14. The van der Waals surface area contributed by atoms with Gasteiger partial charge in [-0.3, -0.25) is 14.2 Å². The summed E-state index contributed by atoms with van der Waals surface area (Å²) in [5, 5.41) is 4.08. The van der Waals surface area contributed by atoms with Crippen LogP contribution in [0.3, 0.4) is 0 Å². The molecule has 0 saturated carbocycles. The first-order valence-corrected chi connectivity index (χ1v) is 11.1. The van der Waals surface area contributed by atoms with Crippen molar-refractivity contribution < 1.29 is 9.53 Å². The Morgan fingerprint density at radius 1 is 1.16 bits per heavy atom. The third-order valence-electron chi connectivity index (χ3n) is 4.45. The number of carbonyl (C=O) groups is 1. The van der Waals surface area contributed by atoms with Gasteiger partial charge in [-0.1, -0.05) is 53.2 Å². The number of anilines is 1. The molecular weight excluding hydrogens is 471 g/mol. The molecule has 7 nitrogen and oxygen atoms in total. The minimum absolute atomic E-state index is 0.0185. The Hall–Kier alpha value is -3.07. The van der Waals surface area contributed by atoms with Gasteiger partial charge in [0.2, 0.25) is 5.91 Å². The van der Waals surface area contributed by atoms with E-state index in [4.69, 9.17) is 27.9 Å². The van der Waals surface area contributed by atoms with Crippen LogP contribution in [0.25, 0.3) is 16.6 Å². The molecule has 162 valence electrons. The number of para-hydroxylation sites is 1. The molecule has 0 radical (unpaired) electrons. The number of fused-ring (bicyclic) bond motifs is 1. The number of thioether (sulfide) groups is 1. The Labute approximate surface area is 197 Å². The highest BCUT2D eigenvalue weighted by molar-refractivity contribution is 7.99. The average molecular weight is 487 g/mol. The second-order valence-electron chi connectivity index (χ2n) is 6.57. The molecule has 2 aromatic carbocycles. The van der Waals surface area contributed by atoms with Crippen molar-refractivity contribution in [1.82, 2.24) is 14.5 Å². The van der Waals surface area contributed by atoms with Crippen molar-refractivity contribution in [3.63, 3.8) is 0 Å². The predicted octanol–water partition coefficient (Wildman–Crippen LogP) is 4.83. The van der Waals surface area contributed by atoms with Crippen molar-refractivity contribution in [1.29, 1.82) is 0 Å². The number of amides is 1. The van der Waals surface area contributed by atoms with Gasteiger partial charge in [-0.25, -0.2) is 9.97 Å². The average Bonchev–Trinajstić information content (AvgIpc) is 2.79. The highest BCUT2D eigenvalue weighted by Gasteiger charge is 2.16. The quantitative estimate of drug-likeness (QED) is 0.310. The van der Waals surface area contributed by atoms with Crippen LogP contribution in [0.5, 0.6) is 5.75 Å². The summed E-state index contributed by atoms with van der Waals surface area (Å²) < 4.78 is 6.76. The number of rotatable bonds is 6. The van der Waals surface area contributed by atoms with Crippen molar-refractivity contribution in [2.75, 3.05) is 18.2 Å². The fourth-order valence-electron chi connectivity index (χ4n) is 2.99. The maximum absolute atomic E-state index is 13.3. The molecule has 32 heavy (non-hydrogen) atoms. The van der Waals surface area contributed by atoms with Crippen molar-refractivity contribution >= 4 is 57.6 Å². The Morgan fingerprint density at radius 2 is 1.97 bits per heavy atom. The monoisotopic (exact) mass is 486 g/mol. The molecule has 0 aliphatic rings. The van der Waals surface area contributed by atoms with Gasteiger partial charge in [0.1, 0.15) is 5.75 Å². The van der Waals surface area contributed by atoms with E-state index in [2.05, 4.69) is 15.3 Å². The van der Waals surface area contributed by atoms with E-state index in [0.717, 1.165) is 11.8 Å². The molecule has 0 unspecified atom stereocenters. The molecule has 1 N–H and O–H groups in total. The number of methoxy groups -OCH3 is 1. The maximum atomic E-state index is 13.3. The van der Waals surface area contributed by atoms with Gasteiger partial charge in [0.15, 0.2) is 11.0 Å². The number of nitrogens with one attached hydrogen (secondary N) is 1. The molecule has 10 heteroatoms. The lowest BCUT2D eigenvalue weighted by Crippen LogP contribution is -2.23. The summed E-state index contributed by atoms with van der Waals surface area (Å²) in [7, 11) is 1.55. The van der Waals surface area contributed by atoms with E-state index in [1.54, 1.807) is 55.6 Å². The minimum Gasteiger partial charge on any atom is -0.497 e. The number of ether oxygens (including phenoxy) is 1. The molecule has 0 aliphatic carbocycles. The summed E-state index contributed by atoms with van der Waals surface area (Å²) in [6.07, 6.45) is 1.39. The van der Waals surface area contributed by atoms with Crippen LogP contribution >= 0.6 is 35.0 Å². The second-order valence-corrected chi connectivity index (χ2v) is 8.36. The number of hydrogen-bond donors (Lipinski definition) is 1. The van der Waals surface area contributed by atoms with Crippen molar-refractivity contribution in [3.05, 3.63) is 81.2 Å². The minimum atomic E-state index is -0.355. The number of nitrogens with zero attached hydrogens (tertiary/aromatic N) is 3. The molecular formula is C22H16Cl2N4O3S. The van der Waals surface area contributed by atoms with Gasteiger partial charge < -0.3 is 10.1 Å². The molecule has 0 aliphatic heterocycles. The maximum Gasteiger partial charge on any atom is 0.266 e. The summed E-state index contributed by atoms with van der Waals surface area (Å²) >= 11 is 13.0. The lowest BCUT2D eigenvalue weighted by atomic mass is 10.2. The van der Waals surface area contributed by atoms with E-state index in [1.807, 2.05) is 0 Å². The topological polar surface area (TPSA) is 86.1 Å². The van der Waals surface area contributed by atoms with E-state index in [9.17, 15) is 9.59 Å². The predicted molar refractivity (Wildman–Crippen MR) is 128 cm³/mol. The highest BCUT2D eigenvalue weighted by Crippen LogP contribution is 2.25. The van der Waals surface area contributed by atoms with E-state index in [-0.39, 0.29) is 28.1 Å². The lowest BCUT2D eigenvalue weighted by molar-refractivity contribution is -0.113. The Morgan fingerprint density at radius 3 is 2.75 bits per heavy atom. The Bertz CT molecular complexity index is 1380. The molecule has 0 atom stereocenters. The molecule has 0 fully saturated rings. The standard InChI is InChI=1S/C22H16Cl2N4O3S/c1-31-15-6-4-5-14(10-15)28-21(30)16-7-2-3-8-18(16)26-22(28)32-12-19(29)27-20-17(24)9-13(23)11-25-20/h2-11H,12H2,1H3,(H,25,27,29). The van der Waals surface area contributed by atoms with E-state index < -0.39 is 0 Å². The smallest absolute Gasteiger partial charge is 0.266 e. The second kappa shape index (κ2) is 9.60. The van der Waals surface area contributed by atoms with Crippen LogP contribution in [0.15, 0.2) is 70.7 Å². The first-order chi connectivity index (χ1) is 15.5. The van der Waals surface area contributed by atoms with Crippen LogP contribution in [0.2, 0.25) is 10.0 Å². The number of hydrogen-bond acceptors (Lipinski definition) is 6. The Balaban J connectivity index is 1.68. The SMILES string of the molecule is COc1cccc(-n2c(SCC(=O)Nc3ncc(Cl)cc3Cl)nc3ccccc3c2=O)c1. The van der Waals surface area contributed by atoms with Crippen LogP contribution in [-0.4, -0.2) is 33.3 Å². The first-order valence-electron chi connectivity index (χ1n) is 9.36. The number of pyridine rings is 1. The normalized spacial score (nSPS) is 10.8. The molecule has 0 spiro atoms. The van der Waals surface area contributed by atoms with Gasteiger partial charge in [0, 0.05) is 12.3 Å². The van der Waals surface area contributed by atoms with Crippen LogP contribution in [0.4, 0.5) is 5.82 Å². The van der Waals surface area contributed by atoms with Crippen LogP contribution in [0, 0.1) is 0 Å². The third-order valence-corrected chi connectivity index (χ3v) is 5.89. The number of benzene rings is 2. The van der Waals surface area contributed by atoms with Crippen molar-refractivity contribution in [2.24, 2.45) is 0 Å². The highest BCUT2D eigenvalue weighted by atomic mass is 35.5. The molecule has 0 bridgehead atoms. The molecule has 0 saturated heterocycles. The molecule has 4 rings (SSSR count). The zero-order valence-electron chi connectivity index (χ0n) is 16.7. The van der Waals surface area contributed by atoms with Gasteiger partial charge in [-0.15, -0.1) is 0 Å². The Kier molecular flexibility index (Phi) is 6.64. The van der Waals surface area contributed by atoms with Crippen molar-refractivity contribution in [2.45, 2.75) is 5.16 Å². The van der Waals surface area contributed by atoms with E-state index in [0.29, 0.717) is 32.5 Å². The van der Waals surface area contributed by atoms with Crippen LogP contribution in [-0.2, 0) is 4.79 Å². The molecule has 2 heterocycles. The van der Waals surface area contributed by atoms with Gasteiger partial charge >= 0.3 is 0 Å². The van der Waals surface area contributed by atoms with E-state index in [1.165, 1.54) is 16.8 Å². The van der Waals surface area contributed by atoms with Crippen LogP contribution in [0.1, 0.15) is 0 Å². The number of halogens is 2. The summed E-state index contributed by atoms with van der Waals surface area (Å²) in [4.78, 5) is 34.5. The summed E-state index contributed by atoms with van der Waals surface area (Å²) in [6.45, 7) is 0. The fourth-order valence-corrected chi connectivity index (χ4v) is 4.23. The number of aromatic nitrogens is 3. The van der Waals surface area contributed by atoms with Crippen LogP contribution < -0.4 is 15.6 Å². The molecule has 4 aromatic rings. The molecule has 1 amide bonds. The molecule has 2 aromatic heterocycles. The summed E-state index contributed by atoms with van der Waals surface area (Å²) in [5.74, 6) is 0.430. The van der Waals surface area contributed by atoms with E-state index >= 15 is 0 Å². The zero-order valence-corrected chi connectivity index (χ0v) is 19.0. The van der Waals surface area contributed by atoms with Gasteiger partial charge in [0.25, 0.3) is 5.56 Å². The summed E-state index contributed by atoms with van der Waals surface area (Å²) in [6, 6.07) is 15.6. The van der Waals surface area contributed by atoms with Gasteiger partial charge in [-0.2, -0.15) is 0 Å². The van der Waals surface area contributed by atoms with Gasteiger partial charge in [0.05, 0.1) is 39.5 Å². The number of carbonyl (C=O) groups excluding carboxylic acids is 1. The third kappa shape index (κ3) is 4.72. The zero-order chi connectivity index (χ0) is 22.7. The van der Waals surface area contributed by atoms with Gasteiger partial charge in [-0.05, 0) is 30.3 Å². The summed E-state index contributed by atoms with van der Waals surface area (Å²) in [5.41, 5.74) is 0.883. The first kappa shape index (κ1) is 22.1.